The van der Waals surface area contributed by atoms with E-state index in [9.17, 15) is 0 Å². The molecule has 3 saturated heterocycles. The van der Waals surface area contributed by atoms with Crippen LogP contribution in [0.2, 0.25) is 0 Å². The van der Waals surface area contributed by atoms with Gasteiger partial charge in [-0.05, 0) is 80.9 Å². The molecule has 0 aromatic heterocycles. The normalized spacial score (nSPS) is 29.4. The lowest BCUT2D eigenvalue weighted by atomic mass is 9.70. The van der Waals surface area contributed by atoms with Gasteiger partial charge in [0.25, 0.3) is 0 Å². The first kappa shape index (κ1) is 14.9. The molecule has 3 heteroatoms. The van der Waals surface area contributed by atoms with Crippen molar-refractivity contribution in [1.82, 2.24) is 4.90 Å². The maximum absolute atomic E-state index is 6.21. The number of nitrogens with two attached hydrogens (primary N) is 1. The Morgan fingerprint density at radius 1 is 1.24 bits per heavy atom. The summed E-state index contributed by atoms with van der Waals surface area (Å²) in [4.78, 5) is 2.61. The number of hydrogen-bond donors (Lipinski definition) is 1. The number of rotatable bonds is 4. The van der Waals surface area contributed by atoms with Crippen LogP contribution < -0.4 is 10.5 Å². The molecule has 4 rings (SSSR count). The minimum atomic E-state index is 0.423. The highest BCUT2D eigenvalue weighted by molar-refractivity contribution is 5.44. The molecule has 116 valence electrons. The average Bonchev–Trinajstić information content (AvgIpc) is 2.52. The third kappa shape index (κ3) is 2.69. The van der Waals surface area contributed by atoms with Gasteiger partial charge in [-0.2, -0.15) is 0 Å². The minimum Gasteiger partial charge on any atom is -0.496 e. The average molecular weight is 288 g/mol. The van der Waals surface area contributed by atoms with Crippen molar-refractivity contribution in [1.29, 1.82) is 0 Å². The van der Waals surface area contributed by atoms with Crippen molar-refractivity contribution < 1.29 is 4.74 Å². The van der Waals surface area contributed by atoms with Crippen LogP contribution in [0.1, 0.15) is 35.4 Å². The van der Waals surface area contributed by atoms with Crippen LogP contribution in [0.25, 0.3) is 0 Å². The first-order valence-corrected chi connectivity index (χ1v) is 8.21. The molecule has 3 aliphatic rings. The zero-order valence-electron chi connectivity index (χ0n) is 13.6. The zero-order chi connectivity index (χ0) is 15.0. The van der Waals surface area contributed by atoms with E-state index in [1.54, 1.807) is 7.11 Å². The van der Waals surface area contributed by atoms with Crippen molar-refractivity contribution >= 4 is 0 Å². The molecule has 3 aliphatic heterocycles. The van der Waals surface area contributed by atoms with E-state index in [0.29, 0.717) is 18.4 Å². The van der Waals surface area contributed by atoms with Crippen molar-refractivity contribution in [2.24, 2.45) is 17.6 Å². The molecular weight excluding hydrogens is 260 g/mol. The third-order valence-corrected chi connectivity index (χ3v) is 5.72. The fraction of sp³-hybridized carbons (Fsp3) is 0.667. The quantitative estimate of drug-likeness (QED) is 0.926. The lowest BCUT2D eigenvalue weighted by Gasteiger charge is -2.48. The first-order valence-electron chi connectivity index (χ1n) is 8.21. The van der Waals surface area contributed by atoms with Gasteiger partial charge in [-0.1, -0.05) is 6.07 Å². The molecule has 1 aromatic rings. The summed E-state index contributed by atoms with van der Waals surface area (Å²) in [5.41, 5.74) is 10.2. The van der Waals surface area contributed by atoms with Crippen molar-refractivity contribution in [2.75, 3.05) is 33.3 Å². The van der Waals surface area contributed by atoms with Gasteiger partial charge in [0, 0.05) is 12.5 Å². The van der Waals surface area contributed by atoms with Crippen LogP contribution in [0.4, 0.5) is 0 Å². The van der Waals surface area contributed by atoms with Gasteiger partial charge in [0.15, 0.2) is 0 Å². The van der Waals surface area contributed by atoms with E-state index in [1.807, 2.05) is 0 Å². The molecule has 2 bridgehead atoms. The molecule has 3 heterocycles. The van der Waals surface area contributed by atoms with Gasteiger partial charge in [-0.25, -0.2) is 0 Å². The maximum atomic E-state index is 6.21. The molecule has 0 radical (unpaired) electrons. The van der Waals surface area contributed by atoms with Gasteiger partial charge in [0.1, 0.15) is 5.75 Å². The summed E-state index contributed by atoms with van der Waals surface area (Å²) >= 11 is 0. The van der Waals surface area contributed by atoms with E-state index in [4.69, 9.17) is 10.5 Å². The van der Waals surface area contributed by atoms with Gasteiger partial charge in [0.2, 0.25) is 0 Å². The van der Waals surface area contributed by atoms with Gasteiger partial charge in [-0.15, -0.1) is 0 Å². The molecule has 1 aromatic carbocycles. The summed E-state index contributed by atoms with van der Waals surface area (Å²) in [7, 11) is 1.78. The highest BCUT2D eigenvalue weighted by Crippen LogP contribution is 2.43. The minimum absolute atomic E-state index is 0.423. The van der Waals surface area contributed by atoms with Crippen LogP contribution in [-0.2, 0) is 0 Å². The number of aryl methyl sites for hydroxylation is 2. The SMILES string of the molecule is COc1cc(C)c(C)cc1C(CN)C1CN2CCC1CC2. The number of ether oxygens (including phenoxy) is 1. The highest BCUT2D eigenvalue weighted by Gasteiger charge is 2.39. The van der Waals surface area contributed by atoms with Crippen molar-refractivity contribution in [3.63, 3.8) is 0 Å². The number of hydrogen-bond acceptors (Lipinski definition) is 3. The second kappa shape index (κ2) is 5.98. The molecule has 2 N–H and O–H groups in total. The summed E-state index contributed by atoms with van der Waals surface area (Å²) in [6.07, 6.45) is 2.68. The zero-order valence-corrected chi connectivity index (χ0v) is 13.6. The topological polar surface area (TPSA) is 38.5 Å². The van der Waals surface area contributed by atoms with Crippen LogP contribution in [0.5, 0.6) is 5.75 Å². The Morgan fingerprint density at radius 2 is 1.90 bits per heavy atom. The summed E-state index contributed by atoms with van der Waals surface area (Å²) < 4.78 is 5.67. The van der Waals surface area contributed by atoms with E-state index in [0.717, 1.165) is 11.7 Å². The summed E-state index contributed by atoms with van der Waals surface area (Å²) in [5.74, 6) is 2.97. The maximum Gasteiger partial charge on any atom is 0.122 e. The van der Waals surface area contributed by atoms with E-state index in [2.05, 4.69) is 30.9 Å². The Kier molecular flexibility index (Phi) is 4.23. The fourth-order valence-electron chi connectivity index (χ4n) is 4.28. The van der Waals surface area contributed by atoms with E-state index >= 15 is 0 Å². The first-order chi connectivity index (χ1) is 10.1. The molecule has 2 unspecified atom stereocenters. The fourth-order valence-corrected chi connectivity index (χ4v) is 4.28. The van der Waals surface area contributed by atoms with E-state index in [-0.39, 0.29) is 0 Å². The third-order valence-electron chi connectivity index (χ3n) is 5.72. The second-order valence-corrected chi connectivity index (χ2v) is 6.82. The van der Waals surface area contributed by atoms with Crippen LogP contribution in [0, 0.1) is 25.7 Å². The summed E-state index contributed by atoms with van der Waals surface area (Å²) in [5, 5.41) is 0. The molecule has 21 heavy (non-hydrogen) atoms. The molecule has 0 saturated carbocycles. The van der Waals surface area contributed by atoms with Crippen molar-refractivity contribution in [3.8, 4) is 5.75 Å². The predicted octanol–water partition coefficient (Wildman–Crippen LogP) is 2.70. The Labute approximate surface area is 128 Å². The number of piperidine rings is 3. The van der Waals surface area contributed by atoms with Crippen molar-refractivity contribution in [3.05, 3.63) is 28.8 Å². The van der Waals surface area contributed by atoms with Crippen LogP contribution in [-0.4, -0.2) is 38.2 Å². The van der Waals surface area contributed by atoms with Crippen molar-refractivity contribution in [2.45, 2.75) is 32.6 Å². The van der Waals surface area contributed by atoms with Gasteiger partial charge in [-0.3, -0.25) is 0 Å². The van der Waals surface area contributed by atoms with E-state index < -0.39 is 0 Å². The van der Waals surface area contributed by atoms with Gasteiger partial charge in [0.05, 0.1) is 7.11 Å². The van der Waals surface area contributed by atoms with E-state index in [1.165, 1.54) is 49.2 Å². The Hall–Kier alpha value is -1.06. The lowest BCUT2D eigenvalue weighted by Crippen LogP contribution is -2.50. The monoisotopic (exact) mass is 288 g/mol. The smallest absolute Gasteiger partial charge is 0.122 e. The largest absolute Gasteiger partial charge is 0.496 e. The predicted molar refractivity (Wildman–Crippen MR) is 86.9 cm³/mol. The second-order valence-electron chi connectivity index (χ2n) is 6.82. The Bertz CT molecular complexity index is 506. The summed E-state index contributed by atoms with van der Waals surface area (Å²) in [6.45, 7) is 8.82. The molecule has 0 aliphatic carbocycles. The Morgan fingerprint density at radius 3 is 2.43 bits per heavy atom. The molecule has 3 fully saturated rings. The molecule has 0 spiro atoms. The number of fused-ring (bicyclic) bond motifs is 3. The van der Waals surface area contributed by atoms with Gasteiger partial charge >= 0.3 is 0 Å². The number of nitrogens with zero attached hydrogens (tertiary/aromatic N) is 1. The van der Waals surface area contributed by atoms with Crippen LogP contribution >= 0.6 is 0 Å². The lowest BCUT2D eigenvalue weighted by molar-refractivity contribution is 0.0375. The van der Waals surface area contributed by atoms with Gasteiger partial charge < -0.3 is 15.4 Å². The van der Waals surface area contributed by atoms with Crippen LogP contribution in [0.3, 0.4) is 0 Å². The molecule has 2 atom stereocenters. The molecule has 0 amide bonds. The highest BCUT2D eigenvalue weighted by atomic mass is 16.5. The summed E-state index contributed by atoms with van der Waals surface area (Å²) in [6, 6.07) is 4.48. The standard InChI is InChI=1S/C18H28N2O/c1-12-8-15(18(21-3)9-13(12)2)16(10-19)17-11-20-6-4-14(17)5-7-20/h8-9,14,16-17H,4-7,10-11,19H2,1-3H3. The van der Waals surface area contributed by atoms with Crippen LogP contribution in [0.15, 0.2) is 12.1 Å². The number of methoxy groups -OCH3 is 1. The molecular formula is C18H28N2O. The Balaban J connectivity index is 1.94. The number of benzene rings is 1. The molecule has 3 nitrogen and oxygen atoms in total.